The lowest BCUT2D eigenvalue weighted by Gasteiger charge is -2.26. The number of rotatable bonds is 5. The fourth-order valence-corrected chi connectivity index (χ4v) is 1.79. The van der Waals surface area contributed by atoms with Crippen LogP contribution in [0.2, 0.25) is 5.02 Å². The average molecular weight is 290 g/mol. The molecule has 2 unspecified atom stereocenters. The summed E-state index contributed by atoms with van der Waals surface area (Å²) in [6.07, 6.45) is -1.83. The van der Waals surface area contributed by atoms with Crippen LogP contribution in [0.1, 0.15) is 11.7 Å². The number of carbonyl (C=O) groups is 1. The second-order valence-corrected chi connectivity index (χ2v) is 4.30. The summed E-state index contributed by atoms with van der Waals surface area (Å²) in [5.74, 6) is -1.29. The van der Waals surface area contributed by atoms with Gasteiger partial charge in [-0.05, 0) is 17.7 Å². The number of esters is 1. The number of nitro groups is 1. The Hall–Kier alpha value is -1.70. The van der Waals surface area contributed by atoms with Gasteiger partial charge < -0.3 is 14.9 Å². The van der Waals surface area contributed by atoms with Crippen molar-refractivity contribution in [2.75, 3.05) is 13.7 Å². The van der Waals surface area contributed by atoms with E-state index in [1.54, 1.807) is 0 Å². The van der Waals surface area contributed by atoms with Crippen LogP contribution < -0.4 is 0 Å². The highest BCUT2D eigenvalue weighted by atomic mass is 35.5. The van der Waals surface area contributed by atoms with E-state index in [2.05, 4.69) is 4.74 Å². The van der Waals surface area contributed by atoms with E-state index in [4.69, 9.17) is 11.6 Å². The predicted octanol–water partition coefficient (Wildman–Crippen LogP) is 0.554. The van der Waals surface area contributed by atoms with E-state index < -0.39 is 29.1 Å². The Morgan fingerprint density at radius 1 is 1.63 bits per heavy atom. The van der Waals surface area contributed by atoms with E-state index in [1.165, 1.54) is 24.3 Å². The third kappa shape index (κ3) is 3.40. The predicted molar refractivity (Wildman–Crippen MR) is 65.2 cm³/mol. The quantitative estimate of drug-likeness (QED) is 0.465. The summed E-state index contributed by atoms with van der Waals surface area (Å²) in [6.45, 7) is -1.19. The molecule has 0 bridgehead atoms. The zero-order valence-electron chi connectivity index (χ0n) is 9.95. The number of methoxy groups -OCH3 is 1. The number of carbonyl (C=O) groups excluding carboxylic acids is 1. The SMILES string of the molecule is COC(=O)C(O)(C[N+](=O)[O-])C(O)c1cccc(Cl)c1. The zero-order chi connectivity index (χ0) is 14.6. The normalized spacial score (nSPS) is 15.4. The Kier molecular flexibility index (Phi) is 4.82. The van der Waals surface area contributed by atoms with E-state index in [0.717, 1.165) is 7.11 Å². The number of hydrogen-bond acceptors (Lipinski definition) is 6. The van der Waals surface area contributed by atoms with Gasteiger partial charge >= 0.3 is 5.97 Å². The Bertz CT molecular complexity index is 494. The minimum atomic E-state index is -2.68. The highest BCUT2D eigenvalue weighted by molar-refractivity contribution is 6.30. The van der Waals surface area contributed by atoms with E-state index in [9.17, 15) is 25.1 Å². The lowest BCUT2D eigenvalue weighted by Crippen LogP contribution is -2.50. The van der Waals surface area contributed by atoms with Crippen LogP contribution in [0.5, 0.6) is 0 Å². The van der Waals surface area contributed by atoms with Gasteiger partial charge in [-0.3, -0.25) is 10.1 Å². The number of aliphatic hydroxyl groups is 2. The van der Waals surface area contributed by atoms with Gasteiger partial charge in [0.2, 0.25) is 6.54 Å². The topological polar surface area (TPSA) is 110 Å². The lowest BCUT2D eigenvalue weighted by molar-refractivity contribution is -0.501. The molecule has 1 aromatic rings. The number of hydrogen-bond donors (Lipinski definition) is 2. The minimum Gasteiger partial charge on any atom is -0.467 e. The maximum atomic E-state index is 11.5. The van der Waals surface area contributed by atoms with Crippen LogP contribution in [-0.4, -0.2) is 40.4 Å². The molecule has 8 heteroatoms. The van der Waals surface area contributed by atoms with Crippen molar-refractivity contribution >= 4 is 17.6 Å². The maximum absolute atomic E-state index is 11.5. The molecule has 1 aromatic carbocycles. The number of nitrogens with zero attached hydrogens (tertiary/aromatic N) is 1. The van der Waals surface area contributed by atoms with Crippen LogP contribution in [0.4, 0.5) is 0 Å². The van der Waals surface area contributed by atoms with E-state index in [-0.39, 0.29) is 10.6 Å². The Balaban J connectivity index is 3.17. The maximum Gasteiger partial charge on any atom is 0.348 e. The molecule has 0 saturated heterocycles. The van der Waals surface area contributed by atoms with Crippen molar-refractivity contribution < 1.29 is 24.7 Å². The third-order valence-electron chi connectivity index (χ3n) is 2.53. The smallest absolute Gasteiger partial charge is 0.348 e. The molecule has 0 saturated carbocycles. The molecule has 0 radical (unpaired) electrons. The average Bonchev–Trinajstić information content (AvgIpc) is 2.35. The molecule has 7 nitrogen and oxygen atoms in total. The summed E-state index contributed by atoms with van der Waals surface area (Å²) in [7, 11) is 0.956. The fourth-order valence-electron chi connectivity index (χ4n) is 1.59. The summed E-state index contributed by atoms with van der Waals surface area (Å²) >= 11 is 5.72. The second kappa shape index (κ2) is 5.96. The van der Waals surface area contributed by atoms with Gasteiger partial charge in [-0.15, -0.1) is 0 Å². The van der Waals surface area contributed by atoms with Crippen LogP contribution in [0.15, 0.2) is 24.3 Å². The van der Waals surface area contributed by atoms with Crippen LogP contribution in [0.25, 0.3) is 0 Å². The molecule has 0 aliphatic rings. The van der Waals surface area contributed by atoms with Crippen molar-refractivity contribution in [3.05, 3.63) is 45.0 Å². The van der Waals surface area contributed by atoms with Crippen molar-refractivity contribution in [1.29, 1.82) is 0 Å². The summed E-state index contributed by atoms with van der Waals surface area (Å²) in [6, 6.07) is 5.66. The Labute approximate surface area is 113 Å². The standard InChI is InChI=1S/C11H12ClNO6/c1-19-10(15)11(16,6-13(17)18)9(14)7-3-2-4-8(12)5-7/h2-5,9,14,16H,6H2,1H3. The van der Waals surface area contributed by atoms with Gasteiger partial charge in [-0.2, -0.15) is 0 Å². The first-order valence-corrected chi connectivity index (χ1v) is 5.55. The summed E-state index contributed by atoms with van der Waals surface area (Å²) < 4.78 is 4.30. The summed E-state index contributed by atoms with van der Waals surface area (Å²) in [4.78, 5) is 21.1. The molecule has 0 aromatic heterocycles. The molecule has 0 heterocycles. The van der Waals surface area contributed by atoms with Gasteiger partial charge in [-0.25, -0.2) is 4.79 Å². The molecule has 1 rings (SSSR count). The summed E-state index contributed by atoms with van der Waals surface area (Å²) in [5.41, 5.74) is -2.61. The van der Waals surface area contributed by atoms with Gasteiger partial charge in [0.1, 0.15) is 6.10 Å². The summed E-state index contributed by atoms with van der Waals surface area (Å²) in [5, 5.41) is 30.8. The molecule has 0 amide bonds. The molecule has 0 aliphatic heterocycles. The molecule has 104 valence electrons. The van der Waals surface area contributed by atoms with Crippen molar-refractivity contribution in [2.45, 2.75) is 11.7 Å². The monoisotopic (exact) mass is 289 g/mol. The molecule has 19 heavy (non-hydrogen) atoms. The van der Waals surface area contributed by atoms with Gasteiger partial charge in [0.05, 0.1) is 7.11 Å². The van der Waals surface area contributed by atoms with E-state index in [1.807, 2.05) is 0 Å². The minimum absolute atomic E-state index is 0.0715. The molecule has 2 atom stereocenters. The fraction of sp³-hybridized carbons (Fsp3) is 0.364. The highest BCUT2D eigenvalue weighted by Crippen LogP contribution is 2.29. The molecular weight excluding hydrogens is 278 g/mol. The molecule has 0 aliphatic carbocycles. The van der Waals surface area contributed by atoms with Crippen molar-refractivity contribution in [3.63, 3.8) is 0 Å². The first-order valence-electron chi connectivity index (χ1n) is 5.17. The first kappa shape index (κ1) is 15.4. The number of halogens is 1. The lowest BCUT2D eigenvalue weighted by atomic mass is 9.91. The zero-order valence-corrected chi connectivity index (χ0v) is 10.7. The van der Waals surface area contributed by atoms with Crippen molar-refractivity contribution in [1.82, 2.24) is 0 Å². The number of aliphatic hydroxyl groups excluding tert-OH is 1. The Morgan fingerprint density at radius 2 is 2.26 bits per heavy atom. The third-order valence-corrected chi connectivity index (χ3v) is 2.76. The number of benzene rings is 1. The van der Waals surface area contributed by atoms with Gasteiger partial charge in [0.15, 0.2) is 0 Å². The van der Waals surface area contributed by atoms with Crippen LogP contribution in [0, 0.1) is 10.1 Å². The van der Waals surface area contributed by atoms with Crippen molar-refractivity contribution in [2.24, 2.45) is 0 Å². The molecule has 0 spiro atoms. The highest BCUT2D eigenvalue weighted by Gasteiger charge is 2.50. The van der Waals surface area contributed by atoms with Gasteiger partial charge in [0, 0.05) is 9.95 Å². The molecule has 0 fully saturated rings. The van der Waals surface area contributed by atoms with Gasteiger partial charge in [-0.1, -0.05) is 23.7 Å². The van der Waals surface area contributed by atoms with Crippen molar-refractivity contribution in [3.8, 4) is 0 Å². The molecular formula is C11H12ClNO6. The largest absolute Gasteiger partial charge is 0.467 e. The van der Waals surface area contributed by atoms with Crippen LogP contribution in [-0.2, 0) is 9.53 Å². The first-order chi connectivity index (χ1) is 8.81. The second-order valence-electron chi connectivity index (χ2n) is 3.86. The van der Waals surface area contributed by atoms with E-state index >= 15 is 0 Å². The van der Waals surface area contributed by atoms with Crippen LogP contribution in [0.3, 0.4) is 0 Å². The van der Waals surface area contributed by atoms with Gasteiger partial charge in [0.25, 0.3) is 5.60 Å². The Morgan fingerprint density at radius 3 is 2.74 bits per heavy atom. The van der Waals surface area contributed by atoms with E-state index in [0.29, 0.717) is 0 Å². The van der Waals surface area contributed by atoms with Crippen LogP contribution >= 0.6 is 11.6 Å². The number of ether oxygens (including phenoxy) is 1. The molecule has 2 N–H and O–H groups in total.